The van der Waals surface area contributed by atoms with Gasteiger partial charge in [-0.15, -0.1) is 0 Å². The lowest BCUT2D eigenvalue weighted by Gasteiger charge is -2.22. The van der Waals surface area contributed by atoms with Gasteiger partial charge < -0.3 is 15.5 Å². The Morgan fingerprint density at radius 3 is 2.50 bits per heavy atom. The van der Waals surface area contributed by atoms with E-state index in [1.54, 1.807) is 0 Å². The first-order chi connectivity index (χ1) is 9.40. The van der Waals surface area contributed by atoms with Crippen LogP contribution in [0.3, 0.4) is 0 Å². The lowest BCUT2D eigenvalue weighted by Crippen LogP contribution is -2.36. The molecule has 0 aromatic carbocycles. The molecule has 0 bridgehead atoms. The third-order valence-corrected chi connectivity index (χ3v) is 3.01. The monoisotopic (exact) mass is 279 g/mol. The SMILES string of the molecule is CCNC(=O)CN(C)c1nc(C(C)C)nc(NC)c1C. The molecule has 6 nitrogen and oxygen atoms in total. The molecule has 112 valence electrons. The molecular formula is C14H25N5O. The molecule has 0 unspecified atom stereocenters. The van der Waals surface area contributed by atoms with Crippen molar-refractivity contribution in [3.8, 4) is 0 Å². The van der Waals surface area contributed by atoms with E-state index in [0.717, 1.165) is 23.0 Å². The van der Waals surface area contributed by atoms with Crippen molar-refractivity contribution in [1.29, 1.82) is 0 Å². The van der Waals surface area contributed by atoms with Gasteiger partial charge in [0, 0.05) is 32.1 Å². The Morgan fingerprint density at radius 2 is 2.00 bits per heavy atom. The summed E-state index contributed by atoms with van der Waals surface area (Å²) in [5, 5.41) is 5.88. The minimum Gasteiger partial charge on any atom is -0.373 e. The Morgan fingerprint density at radius 1 is 1.35 bits per heavy atom. The second-order valence-electron chi connectivity index (χ2n) is 5.09. The topological polar surface area (TPSA) is 70.2 Å². The summed E-state index contributed by atoms with van der Waals surface area (Å²) in [5.41, 5.74) is 0.948. The van der Waals surface area contributed by atoms with E-state index < -0.39 is 0 Å². The van der Waals surface area contributed by atoms with Crippen molar-refractivity contribution in [3.63, 3.8) is 0 Å². The molecule has 1 heterocycles. The molecule has 1 aromatic heterocycles. The third kappa shape index (κ3) is 3.82. The molecule has 20 heavy (non-hydrogen) atoms. The minimum atomic E-state index is -0.00915. The molecule has 0 saturated carbocycles. The number of carbonyl (C=O) groups is 1. The number of carbonyl (C=O) groups excluding carboxylic acids is 1. The van der Waals surface area contributed by atoms with Crippen molar-refractivity contribution in [1.82, 2.24) is 15.3 Å². The second-order valence-corrected chi connectivity index (χ2v) is 5.09. The van der Waals surface area contributed by atoms with Crippen LogP contribution in [0.4, 0.5) is 11.6 Å². The second kappa shape index (κ2) is 7.07. The van der Waals surface area contributed by atoms with Crippen LogP contribution in [0, 0.1) is 6.92 Å². The van der Waals surface area contributed by atoms with Gasteiger partial charge in [-0.3, -0.25) is 4.79 Å². The predicted octanol–water partition coefficient (Wildman–Crippen LogP) is 1.52. The predicted molar refractivity (Wildman–Crippen MR) is 82.4 cm³/mol. The van der Waals surface area contributed by atoms with Crippen LogP contribution in [0.15, 0.2) is 0 Å². The first-order valence-corrected chi connectivity index (χ1v) is 6.94. The normalized spacial score (nSPS) is 10.6. The van der Waals surface area contributed by atoms with Crippen LogP contribution in [0.2, 0.25) is 0 Å². The van der Waals surface area contributed by atoms with Crippen molar-refractivity contribution in [2.45, 2.75) is 33.6 Å². The van der Waals surface area contributed by atoms with Gasteiger partial charge in [0.2, 0.25) is 5.91 Å². The fraction of sp³-hybridized carbons (Fsp3) is 0.643. The van der Waals surface area contributed by atoms with Crippen LogP contribution in [0.5, 0.6) is 0 Å². The number of rotatable bonds is 6. The van der Waals surface area contributed by atoms with Gasteiger partial charge in [0.1, 0.15) is 17.5 Å². The smallest absolute Gasteiger partial charge is 0.239 e. The lowest BCUT2D eigenvalue weighted by molar-refractivity contribution is -0.119. The average molecular weight is 279 g/mol. The molecular weight excluding hydrogens is 254 g/mol. The summed E-state index contributed by atoms with van der Waals surface area (Å²) in [7, 11) is 3.71. The molecule has 1 rings (SSSR count). The van der Waals surface area contributed by atoms with E-state index in [4.69, 9.17) is 0 Å². The fourth-order valence-corrected chi connectivity index (χ4v) is 1.94. The van der Waals surface area contributed by atoms with Crippen LogP contribution < -0.4 is 15.5 Å². The largest absolute Gasteiger partial charge is 0.373 e. The number of nitrogens with zero attached hydrogens (tertiary/aromatic N) is 3. The Balaban J connectivity index is 3.08. The number of likely N-dealkylation sites (N-methyl/N-ethyl adjacent to an activating group) is 2. The van der Waals surface area contributed by atoms with E-state index in [-0.39, 0.29) is 18.4 Å². The highest BCUT2D eigenvalue weighted by Gasteiger charge is 2.16. The average Bonchev–Trinajstić information content (AvgIpc) is 2.38. The van der Waals surface area contributed by atoms with Crippen LogP contribution in [0.25, 0.3) is 0 Å². The van der Waals surface area contributed by atoms with Gasteiger partial charge in [0.15, 0.2) is 0 Å². The number of hydrogen-bond acceptors (Lipinski definition) is 5. The highest BCUT2D eigenvalue weighted by Crippen LogP contribution is 2.24. The zero-order valence-electron chi connectivity index (χ0n) is 13.2. The Kier molecular flexibility index (Phi) is 5.73. The van der Waals surface area contributed by atoms with Crippen LogP contribution in [-0.2, 0) is 4.79 Å². The zero-order chi connectivity index (χ0) is 15.3. The molecule has 0 spiro atoms. The van der Waals surface area contributed by atoms with Crippen molar-refractivity contribution in [2.24, 2.45) is 0 Å². The number of aromatic nitrogens is 2. The number of anilines is 2. The third-order valence-electron chi connectivity index (χ3n) is 3.01. The van der Waals surface area contributed by atoms with E-state index in [9.17, 15) is 4.79 Å². The van der Waals surface area contributed by atoms with Gasteiger partial charge in [-0.1, -0.05) is 13.8 Å². The van der Waals surface area contributed by atoms with Crippen molar-refractivity contribution in [3.05, 3.63) is 11.4 Å². The highest BCUT2D eigenvalue weighted by molar-refractivity contribution is 5.81. The molecule has 0 saturated heterocycles. The fourth-order valence-electron chi connectivity index (χ4n) is 1.94. The van der Waals surface area contributed by atoms with Gasteiger partial charge in [0.05, 0.1) is 6.54 Å². The van der Waals surface area contributed by atoms with Gasteiger partial charge in [-0.05, 0) is 13.8 Å². The number of amides is 1. The van der Waals surface area contributed by atoms with Crippen LogP contribution in [0.1, 0.15) is 38.1 Å². The maximum atomic E-state index is 11.7. The maximum absolute atomic E-state index is 11.7. The van der Waals surface area contributed by atoms with Gasteiger partial charge in [-0.25, -0.2) is 9.97 Å². The van der Waals surface area contributed by atoms with E-state index in [2.05, 4.69) is 34.4 Å². The molecule has 1 amide bonds. The first kappa shape index (κ1) is 16.2. The Labute approximate surface area is 121 Å². The number of hydrogen-bond donors (Lipinski definition) is 2. The Hall–Kier alpha value is -1.85. The van der Waals surface area contributed by atoms with E-state index in [1.807, 2.05) is 32.8 Å². The summed E-state index contributed by atoms with van der Waals surface area (Å²) in [6.07, 6.45) is 0. The molecule has 1 aromatic rings. The quantitative estimate of drug-likeness (QED) is 0.826. The summed E-state index contributed by atoms with van der Waals surface area (Å²) in [4.78, 5) is 22.6. The minimum absolute atomic E-state index is 0.00915. The summed E-state index contributed by atoms with van der Waals surface area (Å²) in [6.45, 7) is 8.89. The van der Waals surface area contributed by atoms with E-state index in [0.29, 0.717) is 6.54 Å². The zero-order valence-corrected chi connectivity index (χ0v) is 13.2. The Bertz CT molecular complexity index is 473. The summed E-state index contributed by atoms with van der Waals surface area (Å²) in [5.74, 6) is 2.60. The molecule has 0 aliphatic rings. The molecule has 2 N–H and O–H groups in total. The van der Waals surface area contributed by atoms with Crippen molar-refractivity contribution < 1.29 is 4.79 Å². The van der Waals surface area contributed by atoms with Crippen LogP contribution in [-0.4, -0.2) is 43.1 Å². The summed E-state index contributed by atoms with van der Waals surface area (Å²) < 4.78 is 0. The van der Waals surface area contributed by atoms with Gasteiger partial charge in [0.25, 0.3) is 0 Å². The molecule has 0 aliphatic carbocycles. The van der Waals surface area contributed by atoms with Crippen molar-refractivity contribution in [2.75, 3.05) is 37.4 Å². The first-order valence-electron chi connectivity index (χ1n) is 6.94. The molecule has 0 aliphatic heterocycles. The van der Waals surface area contributed by atoms with Gasteiger partial charge in [-0.2, -0.15) is 0 Å². The van der Waals surface area contributed by atoms with E-state index >= 15 is 0 Å². The van der Waals surface area contributed by atoms with Gasteiger partial charge >= 0.3 is 0 Å². The highest BCUT2D eigenvalue weighted by atomic mass is 16.2. The number of nitrogens with one attached hydrogen (secondary N) is 2. The summed E-state index contributed by atoms with van der Waals surface area (Å²) >= 11 is 0. The molecule has 6 heteroatoms. The van der Waals surface area contributed by atoms with E-state index in [1.165, 1.54) is 0 Å². The lowest BCUT2D eigenvalue weighted by atomic mass is 10.2. The molecule has 0 radical (unpaired) electrons. The molecule has 0 atom stereocenters. The van der Waals surface area contributed by atoms with Crippen molar-refractivity contribution >= 4 is 17.5 Å². The van der Waals surface area contributed by atoms with Crippen LogP contribution >= 0.6 is 0 Å². The standard InChI is InChI=1S/C14H25N5O/c1-7-16-11(20)8-19(6)14-10(4)13(15-5)17-12(18-14)9(2)3/h9H,7-8H2,1-6H3,(H,16,20)(H,15,17,18). The summed E-state index contributed by atoms with van der Waals surface area (Å²) in [6, 6.07) is 0. The maximum Gasteiger partial charge on any atom is 0.239 e. The molecule has 0 fully saturated rings.